The zero-order chi connectivity index (χ0) is 18.4. The van der Waals surface area contributed by atoms with E-state index in [1.165, 1.54) is 30.3 Å². The van der Waals surface area contributed by atoms with Gasteiger partial charge in [-0.1, -0.05) is 35.5 Å². The number of nitrogens with one attached hydrogen (secondary N) is 1. The molecule has 4 nitrogen and oxygen atoms in total. The van der Waals surface area contributed by atoms with Crippen LogP contribution >= 0.6 is 23.4 Å². The van der Waals surface area contributed by atoms with Crippen molar-refractivity contribution in [3.63, 3.8) is 0 Å². The van der Waals surface area contributed by atoms with Gasteiger partial charge in [0, 0.05) is 4.90 Å². The number of benzene rings is 2. The first-order valence-corrected chi connectivity index (χ1v) is 8.08. The van der Waals surface area contributed by atoms with Crippen LogP contribution in [0.2, 0.25) is 5.02 Å². The van der Waals surface area contributed by atoms with Crippen LogP contribution in [-0.4, -0.2) is 24.2 Å². The zero-order valence-corrected chi connectivity index (χ0v) is 14.0. The summed E-state index contributed by atoms with van der Waals surface area (Å²) in [5.41, 5.74) is 0.0817. The van der Waals surface area contributed by atoms with E-state index < -0.39 is 30.1 Å². The first-order valence-electron chi connectivity index (χ1n) is 6.82. The molecule has 0 saturated carbocycles. The summed E-state index contributed by atoms with van der Waals surface area (Å²) in [5.74, 6) is -4.88. The molecule has 2 aromatic rings. The minimum atomic E-state index is -2.70. The smallest absolute Gasteiger partial charge is 0.339 e. The Morgan fingerprint density at radius 3 is 2.60 bits per heavy atom. The Morgan fingerprint density at radius 1 is 1.20 bits per heavy atom. The predicted octanol–water partition coefficient (Wildman–Crippen LogP) is 4.59. The topological polar surface area (TPSA) is 55.4 Å². The molecule has 25 heavy (non-hydrogen) atoms. The molecular weight excluding hydrogens is 379 g/mol. The summed E-state index contributed by atoms with van der Waals surface area (Å²) < 4.78 is 42.7. The maximum atomic E-state index is 12.9. The third kappa shape index (κ3) is 5.68. The third-order valence-electron chi connectivity index (χ3n) is 2.86. The molecule has 0 bridgehead atoms. The van der Waals surface area contributed by atoms with Gasteiger partial charge in [-0.2, -0.15) is 8.78 Å². The van der Waals surface area contributed by atoms with Gasteiger partial charge in [0.25, 0.3) is 11.7 Å². The molecule has 2 rings (SSSR count). The highest BCUT2D eigenvalue weighted by atomic mass is 35.5. The molecule has 0 aromatic heterocycles. The number of halogens is 4. The van der Waals surface area contributed by atoms with E-state index in [0.717, 1.165) is 12.1 Å². The summed E-state index contributed by atoms with van der Waals surface area (Å²) in [5, 5.41) is 2.34. The number of thioether (sulfide) groups is 1. The van der Waals surface area contributed by atoms with E-state index in [4.69, 9.17) is 16.3 Å². The van der Waals surface area contributed by atoms with Crippen molar-refractivity contribution in [3.05, 3.63) is 58.9 Å². The van der Waals surface area contributed by atoms with Crippen molar-refractivity contribution < 1.29 is 27.5 Å². The Balaban J connectivity index is 1.97. The molecule has 1 N–H and O–H groups in total. The van der Waals surface area contributed by atoms with E-state index in [9.17, 15) is 22.8 Å². The fourth-order valence-corrected chi connectivity index (χ4v) is 2.66. The van der Waals surface area contributed by atoms with Crippen molar-refractivity contribution in [2.45, 2.75) is 10.7 Å². The highest BCUT2D eigenvalue weighted by Gasteiger charge is 2.17. The van der Waals surface area contributed by atoms with Gasteiger partial charge in [0.1, 0.15) is 5.82 Å². The number of alkyl halides is 2. The molecule has 0 unspecified atom stereocenters. The second-order valence-corrected chi connectivity index (χ2v) is 6.06. The summed E-state index contributed by atoms with van der Waals surface area (Å²) >= 11 is 5.97. The van der Waals surface area contributed by atoms with Gasteiger partial charge < -0.3 is 10.1 Å². The Kier molecular flexibility index (Phi) is 6.72. The van der Waals surface area contributed by atoms with Gasteiger partial charge in [0.05, 0.1) is 16.3 Å². The minimum absolute atomic E-state index is 0.0154. The van der Waals surface area contributed by atoms with Gasteiger partial charge in [0.2, 0.25) is 0 Å². The van der Waals surface area contributed by atoms with Crippen molar-refractivity contribution in [2.75, 3.05) is 11.9 Å². The van der Waals surface area contributed by atoms with Gasteiger partial charge in [-0.15, -0.1) is 0 Å². The number of amides is 1. The Morgan fingerprint density at radius 2 is 1.92 bits per heavy atom. The Hall–Kier alpha value is -2.19. The lowest BCUT2D eigenvalue weighted by Gasteiger charge is -2.10. The number of rotatable bonds is 6. The molecule has 0 heterocycles. The molecule has 2 aromatic carbocycles. The molecule has 132 valence electrons. The molecule has 0 saturated heterocycles. The fraction of sp³-hybridized carbons (Fsp3) is 0.125. The summed E-state index contributed by atoms with van der Waals surface area (Å²) in [6.45, 7) is -0.653. The summed E-state index contributed by atoms with van der Waals surface area (Å²) in [6.07, 6.45) is 0. The number of carbonyl (C=O) groups excluding carboxylic acids is 2. The number of anilines is 1. The Bertz CT molecular complexity index is 789. The van der Waals surface area contributed by atoms with E-state index >= 15 is 0 Å². The third-order valence-corrected chi connectivity index (χ3v) is 3.96. The van der Waals surface area contributed by atoms with E-state index in [2.05, 4.69) is 5.32 Å². The van der Waals surface area contributed by atoms with Crippen molar-refractivity contribution in [2.24, 2.45) is 0 Å². The van der Waals surface area contributed by atoms with Crippen LogP contribution < -0.4 is 5.32 Å². The summed E-state index contributed by atoms with van der Waals surface area (Å²) in [6, 6.07) is 9.04. The first-order chi connectivity index (χ1) is 11.9. The van der Waals surface area contributed by atoms with E-state index in [1.54, 1.807) is 0 Å². The average Bonchev–Trinajstić information content (AvgIpc) is 2.55. The maximum absolute atomic E-state index is 12.9. The van der Waals surface area contributed by atoms with Crippen LogP contribution in [0.4, 0.5) is 18.9 Å². The van der Waals surface area contributed by atoms with Crippen molar-refractivity contribution >= 4 is 40.9 Å². The number of carbonyl (C=O) groups is 2. The van der Waals surface area contributed by atoms with E-state index in [-0.39, 0.29) is 32.9 Å². The molecule has 0 aliphatic carbocycles. The first kappa shape index (κ1) is 19.1. The highest BCUT2D eigenvalue weighted by molar-refractivity contribution is 7.99. The predicted molar refractivity (Wildman–Crippen MR) is 88.6 cm³/mol. The second kappa shape index (κ2) is 8.77. The van der Waals surface area contributed by atoms with Gasteiger partial charge in [-0.25, -0.2) is 9.18 Å². The number of ether oxygens (including phenoxy) is 1. The van der Waals surface area contributed by atoms with Crippen LogP contribution in [0.5, 0.6) is 0 Å². The normalized spacial score (nSPS) is 10.6. The van der Waals surface area contributed by atoms with Crippen LogP contribution in [-0.2, 0) is 9.53 Å². The second-order valence-electron chi connectivity index (χ2n) is 4.62. The standard InChI is InChI=1S/C16H11ClF3NO3S/c17-11-7-9(18)5-6-12(11)21-14(22)8-24-15(23)10-3-1-2-4-13(10)25-16(19)20/h1-7,16H,8H2,(H,21,22). The fourth-order valence-electron chi connectivity index (χ4n) is 1.82. The van der Waals surface area contributed by atoms with Crippen LogP contribution in [0.15, 0.2) is 47.4 Å². The zero-order valence-electron chi connectivity index (χ0n) is 12.5. The lowest BCUT2D eigenvalue weighted by molar-refractivity contribution is -0.119. The van der Waals surface area contributed by atoms with Crippen molar-refractivity contribution in [1.29, 1.82) is 0 Å². The molecule has 1 amide bonds. The minimum Gasteiger partial charge on any atom is -0.452 e. The molecule has 9 heteroatoms. The lowest BCUT2D eigenvalue weighted by atomic mass is 10.2. The number of hydrogen-bond acceptors (Lipinski definition) is 4. The average molecular weight is 390 g/mol. The number of esters is 1. The SMILES string of the molecule is O=C(COC(=O)c1ccccc1SC(F)F)Nc1ccc(F)cc1Cl. The highest BCUT2D eigenvalue weighted by Crippen LogP contribution is 2.28. The summed E-state index contributed by atoms with van der Waals surface area (Å²) in [7, 11) is 0. The molecule has 0 spiro atoms. The largest absolute Gasteiger partial charge is 0.452 e. The monoisotopic (exact) mass is 389 g/mol. The molecule has 0 fully saturated rings. The van der Waals surface area contributed by atoms with Crippen molar-refractivity contribution in [1.82, 2.24) is 0 Å². The van der Waals surface area contributed by atoms with Gasteiger partial charge in [-0.3, -0.25) is 4.79 Å². The van der Waals surface area contributed by atoms with E-state index in [1.807, 2.05) is 0 Å². The Labute approximate surface area is 150 Å². The van der Waals surface area contributed by atoms with Crippen LogP contribution in [0.1, 0.15) is 10.4 Å². The van der Waals surface area contributed by atoms with E-state index in [0.29, 0.717) is 0 Å². The van der Waals surface area contributed by atoms with Crippen LogP contribution in [0.3, 0.4) is 0 Å². The van der Waals surface area contributed by atoms with Crippen LogP contribution in [0.25, 0.3) is 0 Å². The number of hydrogen-bond donors (Lipinski definition) is 1. The molecule has 0 aliphatic heterocycles. The quantitative estimate of drug-likeness (QED) is 0.580. The molecule has 0 radical (unpaired) electrons. The molecule has 0 atom stereocenters. The molecular formula is C16H11ClF3NO3S. The van der Waals surface area contributed by atoms with Crippen LogP contribution in [0, 0.1) is 5.82 Å². The van der Waals surface area contributed by atoms with Gasteiger partial charge in [0.15, 0.2) is 6.61 Å². The lowest BCUT2D eigenvalue weighted by Crippen LogP contribution is -2.21. The van der Waals surface area contributed by atoms with Gasteiger partial charge >= 0.3 is 5.97 Å². The maximum Gasteiger partial charge on any atom is 0.339 e. The van der Waals surface area contributed by atoms with Gasteiger partial charge in [-0.05, 0) is 30.3 Å². The van der Waals surface area contributed by atoms with Crippen molar-refractivity contribution in [3.8, 4) is 0 Å². The summed E-state index contributed by atoms with van der Waals surface area (Å²) in [4.78, 5) is 23.8. The molecule has 0 aliphatic rings.